The zero-order chi connectivity index (χ0) is 18.1. The first kappa shape index (κ1) is 18.0. The molecule has 0 aliphatic carbocycles. The molecule has 0 heterocycles. The molecule has 130 valence electrons. The summed E-state index contributed by atoms with van der Waals surface area (Å²) in [6, 6.07) is 14.9. The first-order valence-corrected chi connectivity index (χ1v) is 7.40. The Labute approximate surface area is 144 Å². The van der Waals surface area contributed by atoms with Gasteiger partial charge in [-0.2, -0.15) is 0 Å². The van der Waals surface area contributed by atoms with Crippen molar-refractivity contribution in [2.24, 2.45) is 0 Å². The summed E-state index contributed by atoms with van der Waals surface area (Å²) >= 11 is 0. The second-order valence-corrected chi connectivity index (χ2v) is 4.87. The van der Waals surface area contributed by atoms with Crippen molar-refractivity contribution in [1.82, 2.24) is 5.32 Å². The van der Waals surface area contributed by atoms with E-state index < -0.39 is 24.4 Å². The van der Waals surface area contributed by atoms with Gasteiger partial charge in [0.15, 0.2) is 13.2 Å². The van der Waals surface area contributed by atoms with Gasteiger partial charge in [0.25, 0.3) is 11.8 Å². The summed E-state index contributed by atoms with van der Waals surface area (Å²) in [5.41, 5.74) is 0.338. The Bertz CT molecular complexity index is 727. The molecular weight excluding hydrogens is 326 g/mol. The molecule has 2 rings (SSSR count). The van der Waals surface area contributed by atoms with E-state index in [-0.39, 0.29) is 6.61 Å². The van der Waals surface area contributed by atoms with Crippen molar-refractivity contribution in [3.8, 4) is 11.5 Å². The zero-order valence-electron chi connectivity index (χ0n) is 13.6. The van der Waals surface area contributed by atoms with E-state index in [9.17, 15) is 14.4 Å². The van der Waals surface area contributed by atoms with Gasteiger partial charge < -0.3 is 14.2 Å². The van der Waals surface area contributed by atoms with E-state index in [1.807, 2.05) is 0 Å². The minimum absolute atomic E-state index is 0.338. The van der Waals surface area contributed by atoms with Crippen LogP contribution in [-0.4, -0.2) is 38.1 Å². The summed E-state index contributed by atoms with van der Waals surface area (Å²) in [4.78, 5) is 34.9. The maximum Gasteiger partial charge on any atom is 0.344 e. The van der Waals surface area contributed by atoms with E-state index in [4.69, 9.17) is 14.2 Å². The van der Waals surface area contributed by atoms with Gasteiger partial charge in [0.05, 0.1) is 7.11 Å². The summed E-state index contributed by atoms with van der Waals surface area (Å²) in [6.45, 7) is -0.921. The topological polar surface area (TPSA) is 90.9 Å². The van der Waals surface area contributed by atoms with Crippen LogP contribution in [0.25, 0.3) is 0 Å². The second kappa shape index (κ2) is 9.07. The molecule has 2 amide bonds. The number of nitrogens with one attached hydrogen (secondary N) is 1. The Morgan fingerprint density at radius 1 is 0.880 bits per heavy atom. The Balaban J connectivity index is 1.70. The van der Waals surface area contributed by atoms with Crippen LogP contribution in [0.15, 0.2) is 54.6 Å². The molecule has 0 atom stereocenters. The molecule has 7 heteroatoms. The Morgan fingerprint density at radius 2 is 1.52 bits per heavy atom. The van der Waals surface area contributed by atoms with Crippen molar-refractivity contribution < 1.29 is 28.6 Å². The predicted octanol–water partition coefficient (Wildman–Crippen LogP) is 1.57. The smallest absolute Gasteiger partial charge is 0.344 e. The molecular formula is C18H17NO6. The highest BCUT2D eigenvalue weighted by atomic mass is 16.6. The van der Waals surface area contributed by atoms with Crippen molar-refractivity contribution in [2.45, 2.75) is 0 Å². The summed E-state index contributed by atoms with van der Waals surface area (Å²) in [5.74, 6) is -0.878. The van der Waals surface area contributed by atoms with Crippen LogP contribution >= 0.6 is 0 Å². The number of ether oxygens (including phenoxy) is 3. The van der Waals surface area contributed by atoms with E-state index >= 15 is 0 Å². The number of imide groups is 1. The number of amides is 2. The van der Waals surface area contributed by atoms with Gasteiger partial charge in [0.2, 0.25) is 0 Å². The van der Waals surface area contributed by atoms with E-state index in [0.29, 0.717) is 17.1 Å². The van der Waals surface area contributed by atoms with Crippen LogP contribution in [0, 0.1) is 0 Å². The Morgan fingerprint density at radius 3 is 2.16 bits per heavy atom. The molecule has 2 aromatic carbocycles. The third-order valence-corrected chi connectivity index (χ3v) is 3.07. The van der Waals surface area contributed by atoms with Gasteiger partial charge in [-0.25, -0.2) is 4.79 Å². The molecule has 1 N–H and O–H groups in total. The fourth-order valence-corrected chi connectivity index (χ4v) is 1.83. The maximum absolute atomic E-state index is 11.8. The number of benzene rings is 2. The van der Waals surface area contributed by atoms with Gasteiger partial charge in [-0.05, 0) is 36.4 Å². The standard InChI is InChI=1S/C18H17NO6/c1-23-14-7-9-15(10-8-14)24-12-17(21)25-11-16(20)19-18(22)13-5-3-2-4-6-13/h2-10H,11-12H2,1H3,(H,19,20,22). The van der Waals surface area contributed by atoms with Crippen LogP contribution in [0.1, 0.15) is 10.4 Å². The molecule has 0 aliphatic rings. The van der Waals surface area contributed by atoms with Gasteiger partial charge in [0, 0.05) is 5.56 Å². The Kier molecular flexibility index (Phi) is 6.53. The minimum Gasteiger partial charge on any atom is -0.497 e. The average Bonchev–Trinajstić information content (AvgIpc) is 2.65. The quantitative estimate of drug-likeness (QED) is 0.768. The lowest BCUT2D eigenvalue weighted by Crippen LogP contribution is -2.34. The molecule has 0 fully saturated rings. The van der Waals surface area contributed by atoms with Crippen LogP contribution in [0.4, 0.5) is 0 Å². The molecule has 0 radical (unpaired) electrons. The lowest BCUT2D eigenvalue weighted by molar-refractivity contribution is -0.150. The minimum atomic E-state index is -0.724. The third kappa shape index (κ3) is 5.98. The van der Waals surface area contributed by atoms with E-state index in [2.05, 4.69) is 5.32 Å². The molecule has 25 heavy (non-hydrogen) atoms. The van der Waals surface area contributed by atoms with E-state index in [1.54, 1.807) is 61.7 Å². The van der Waals surface area contributed by atoms with Gasteiger partial charge in [-0.15, -0.1) is 0 Å². The van der Waals surface area contributed by atoms with E-state index in [1.165, 1.54) is 0 Å². The van der Waals surface area contributed by atoms with Crippen LogP contribution < -0.4 is 14.8 Å². The third-order valence-electron chi connectivity index (χ3n) is 3.07. The first-order chi connectivity index (χ1) is 12.1. The second-order valence-electron chi connectivity index (χ2n) is 4.87. The zero-order valence-corrected chi connectivity index (χ0v) is 13.6. The maximum atomic E-state index is 11.8. The molecule has 7 nitrogen and oxygen atoms in total. The summed E-state index contributed by atoms with van der Waals surface area (Å²) in [5, 5.41) is 2.13. The molecule has 0 saturated heterocycles. The number of rotatable bonds is 7. The van der Waals surface area contributed by atoms with Crippen LogP contribution in [0.3, 0.4) is 0 Å². The Hall–Kier alpha value is -3.35. The van der Waals surface area contributed by atoms with Crippen LogP contribution in [-0.2, 0) is 14.3 Å². The first-order valence-electron chi connectivity index (χ1n) is 7.40. The number of hydrogen-bond donors (Lipinski definition) is 1. The molecule has 0 unspecified atom stereocenters. The number of esters is 1. The molecule has 0 aliphatic heterocycles. The summed E-state index contributed by atoms with van der Waals surface area (Å²) in [7, 11) is 1.54. The van der Waals surface area contributed by atoms with E-state index in [0.717, 1.165) is 0 Å². The van der Waals surface area contributed by atoms with Crippen molar-refractivity contribution in [3.05, 3.63) is 60.2 Å². The van der Waals surface area contributed by atoms with Crippen LogP contribution in [0.5, 0.6) is 11.5 Å². The summed E-state index contributed by atoms with van der Waals surface area (Å²) < 4.78 is 15.0. The van der Waals surface area contributed by atoms with Crippen molar-refractivity contribution in [1.29, 1.82) is 0 Å². The normalized spacial score (nSPS) is 9.80. The fraction of sp³-hybridized carbons (Fsp3) is 0.167. The molecule has 0 spiro atoms. The SMILES string of the molecule is COc1ccc(OCC(=O)OCC(=O)NC(=O)c2ccccc2)cc1. The number of methoxy groups -OCH3 is 1. The van der Waals surface area contributed by atoms with Gasteiger partial charge in [-0.3, -0.25) is 14.9 Å². The predicted molar refractivity (Wildman–Crippen MR) is 88.4 cm³/mol. The highest BCUT2D eigenvalue weighted by Crippen LogP contribution is 2.16. The van der Waals surface area contributed by atoms with Gasteiger partial charge in [0.1, 0.15) is 11.5 Å². The number of carbonyl (C=O) groups excluding carboxylic acids is 3. The lowest BCUT2D eigenvalue weighted by atomic mass is 10.2. The average molecular weight is 343 g/mol. The number of carbonyl (C=O) groups is 3. The van der Waals surface area contributed by atoms with Crippen molar-refractivity contribution in [2.75, 3.05) is 20.3 Å². The highest BCUT2D eigenvalue weighted by Gasteiger charge is 2.12. The fourth-order valence-electron chi connectivity index (χ4n) is 1.83. The van der Waals surface area contributed by atoms with Crippen LogP contribution in [0.2, 0.25) is 0 Å². The highest BCUT2D eigenvalue weighted by molar-refractivity contribution is 6.05. The summed E-state index contributed by atoms with van der Waals surface area (Å²) in [6.07, 6.45) is 0. The number of hydrogen-bond acceptors (Lipinski definition) is 6. The lowest BCUT2D eigenvalue weighted by Gasteiger charge is -2.08. The van der Waals surface area contributed by atoms with Crippen molar-refractivity contribution in [3.63, 3.8) is 0 Å². The van der Waals surface area contributed by atoms with Gasteiger partial charge >= 0.3 is 5.97 Å². The molecule has 0 saturated carbocycles. The van der Waals surface area contributed by atoms with Gasteiger partial charge in [-0.1, -0.05) is 18.2 Å². The van der Waals surface area contributed by atoms with Crippen molar-refractivity contribution >= 4 is 17.8 Å². The molecule has 0 aromatic heterocycles. The monoisotopic (exact) mass is 343 g/mol. The molecule has 2 aromatic rings. The largest absolute Gasteiger partial charge is 0.497 e. The molecule has 0 bridgehead atoms.